The van der Waals surface area contributed by atoms with E-state index in [1.165, 1.54) is 24.8 Å². The molecule has 1 aliphatic carbocycles. The lowest BCUT2D eigenvalue weighted by molar-refractivity contribution is -0.128. The molecule has 4 heteroatoms. The van der Waals surface area contributed by atoms with Crippen molar-refractivity contribution in [3.8, 4) is 0 Å². The number of carbonyl (C=O) groups excluding carboxylic acids is 1. The van der Waals surface area contributed by atoms with Gasteiger partial charge in [-0.1, -0.05) is 6.92 Å². The van der Waals surface area contributed by atoms with Crippen LogP contribution in [-0.4, -0.2) is 36.0 Å². The van der Waals surface area contributed by atoms with Crippen molar-refractivity contribution in [2.45, 2.75) is 51.6 Å². The molecule has 0 spiro atoms. The summed E-state index contributed by atoms with van der Waals surface area (Å²) in [6, 6.07) is 2.76. The summed E-state index contributed by atoms with van der Waals surface area (Å²) in [5.41, 5.74) is 1.41. The fraction of sp³-hybridized carbons (Fsp3) is 0.706. The van der Waals surface area contributed by atoms with Crippen molar-refractivity contribution in [2.24, 2.45) is 5.92 Å². The second kappa shape index (κ2) is 7.64. The molecule has 1 heterocycles. The summed E-state index contributed by atoms with van der Waals surface area (Å²) in [5, 5.41) is 3.68. The molecular formula is C17H29N3O. The van der Waals surface area contributed by atoms with Crippen LogP contribution in [0.1, 0.15) is 50.6 Å². The highest BCUT2D eigenvalue weighted by Gasteiger charge is 2.32. The average molecular weight is 291 g/mol. The number of rotatable bonds is 9. The van der Waals surface area contributed by atoms with Crippen molar-refractivity contribution < 1.29 is 4.79 Å². The van der Waals surface area contributed by atoms with Crippen molar-refractivity contribution in [1.29, 1.82) is 0 Å². The summed E-state index contributed by atoms with van der Waals surface area (Å²) < 4.78 is 2.22. The van der Waals surface area contributed by atoms with Gasteiger partial charge in [-0.25, -0.2) is 0 Å². The van der Waals surface area contributed by atoms with Gasteiger partial charge in [-0.05, 0) is 49.8 Å². The molecule has 1 aromatic rings. The Bertz CT molecular complexity index is 449. The predicted molar refractivity (Wildman–Crippen MR) is 86.1 cm³/mol. The van der Waals surface area contributed by atoms with Gasteiger partial charge in [-0.3, -0.25) is 4.79 Å². The number of hydrogen-bond donors (Lipinski definition) is 1. The highest BCUT2D eigenvalue weighted by atomic mass is 16.2. The summed E-state index contributed by atoms with van der Waals surface area (Å²) in [6.07, 6.45) is 9.82. The van der Waals surface area contributed by atoms with E-state index in [1.807, 2.05) is 14.1 Å². The van der Waals surface area contributed by atoms with Crippen molar-refractivity contribution in [3.05, 3.63) is 24.0 Å². The molecule has 1 unspecified atom stereocenters. The number of aryl methyl sites for hydroxylation is 1. The Morgan fingerprint density at radius 3 is 2.86 bits per heavy atom. The maximum Gasteiger partial charge on any atom is 0.222 e. The standard InChI is InChI=1S/C17H29N3O/c1-4-10-18-17(14-7-8-14)15-9-12-20(13-15)11-5-6-16(21)19(2)3/h9,12-14,17-18H,4-8,10-11H2,1-3H3. The molecule has 21 heavy (non-hydrogen) atoms. The first-order valence-electron chi connectivity index (χ1n) is 8.21. The van der Waals surface area contributed by atoms with Crippen LogP contribution in [-0.2, 0) is 11.3 Å². The number of nitrogens with one attached hydrogen (secondary N) is 1. The van der Waals surface area contributed by atoms with Gasteiger partial charge in [0, 0.05) is 45.5 Å². The Labute approximate surface area is 128 Å². The average Bonchev–Trinajstić information content (AvgIpc) is 3.18. The van der Waals surface area contributed by atoms with E-state index in [-0.39, 0.29) is 5.91 Å². The first-order valence-corrected chi connectivity index (χ1v) is 8.21. The molecule has 1 aromatic heterocycles. The van der Waals surface area contributed by atoms with Crippen LogP contribution in [0.3, 0.4) is 0 Å². The van der Waals surface area contributed by atoms with E-state index in [1.54, 1.807) is 4.90 Å². The van der Waals surface area contributed by atoms with Crippen LogP contribution < -0.4 is 5.32 Å². The van der Waals surface area contributed by atoms with Crippen molar-refractivity contribution in [2.75, 3.05) is 20.6 Å². The van der Waals surface area contributed by atoms with Gasteiger partial charge in [0.1, 0.15) is 0 Å². The highest BCUT2D eigenvalue weighted by Crippen LogP contribution is 2.41. The van der Waals surface area contributed by atoms with Crippen LogP contribution in [0.2, 0.25) is 0 Å². The lowest BCUT2D eigenvalue weighted by Crippen LogP contribution is -2.23. The highest BCUT2D eigenvalue weighted by molar-refractivity contribution is 5.75. The van der Waals surface area contributed by atoms with E-state index in [4.69, 9.17) is 0 Å². The normalized spacial score (nSPS) is 16.0. The number of amides is 1. The minimum atomic E-state index is 0.211. The molecule has 1 aliphatic rings. The molecular weight excluding hydrogens is 262 g/mol. The van der Waals surface area contributed by atoms with Crippen molar-refractivity contribution in [1.82, 2.24) is 14.8 Å². The van der Waals surface area contributed by atoms with Crippen LogP contribution in [0.15, 0.2) is 18.5 Å². The molecule has 0 bridgehead atoms. The second-order valence-corrected chi connectivity index (χ2v) is 6.34. The summed E-state index contributed by atoms with van der Waals surface area (Å²) in [6.45, 7) is 4.22. The molecule has 4 nitrogen and oxygen atoms in total. The summed E-state index contributed by atoms with van der Waals surface area (Å²) in [5.74, 6) is 1.03. The largest absolute Gasteiger partial charge is 0.354 e. The molecule has 1 fully saturated rings. The van der Waals surface area contributed by atoms with Crippen LogP contribution in [0.5, 0.6) is 0 Å². The smallest absolute Gasteiger partial charge is 0.222 e. The molecule has 2 rings (SSSR count). The lowest BCUT2D eigenvalue weighted by Gasteiger charge is -2.16. The van der Waals surface area contributed by atoms with Gasteiger partial charge >= 0.3 is 0 Å². The summed E-state index contributed by atoms with van der Waals surface area (Å²) in [7, 11) is 3.63. The van der Waals surface area contributed by atoms with E-state index >= 15 is 0 Å². The quantitative estimate of drug-likeness (QED) is 0.759. The van der Waals surface area contributed by atoms with E-state index in [0.29, 0.717) is 12.5 Å². The van der Waals surface area contributed by atoms with Gasteiger partial charge in [0.05, 0.1) is 0 Å². The molecule has 0 aliphatic heterocycles. The summed E-state index contributed by atoms with van der Waals surface area (Å²) in [4.78, 5) is 13.2. The van der Waals surface area contributed by atoms with Gasteiger partial charge in [0.15, 0.2) is 0 Å². The molecule has 0 saturated heterocycles. The first-order chi connectivity index (χ1) is 10.1. The van der Waals surface area contributed by atoms with E-state index in [9.17, 15) is 4.79 Å². The van der Waals surface area contributed by atoms with Gasteiger partial charge < -0.3 is 14.8 Å². The van der Waals surface area contributed by atoms with Gasteiger partial charge in [-0.15, -0.1) is 0 Å². The van der Waals surface area contributed by atoms with Gasteiger partial charge in [0.2, 0.25) is 5.91 Å². The topological polar surface area (TPSA) is 37.3 Å². The van der Waals surface area contributed by atoms with E-state index < -0.39 is 0 Å². The molecule has 1 N–H and O–H groups in total. The Morgan fingerprint density at radius 1 is 1.48 bits per heavy atom. The van der Waals surface area contributed by atoms with Crippen molar-refractivity contribution in [3.63, 3.8) is 0 Å². The molecule has 0 aromatic carbocycles. The van der Waals surface area contributed by atoms with Crippen LogP contribution in [0, 0.1) is 5.92 Å². The van der Waals surface area contributed by atoms with Gasteiger partial charge in [-0.2, -0.15) is 0 Å². The minimum absolute atomic E-state index is 0.211. The third kappa shape index (κ3) is 4.88. The molecule has 118 valence electrons. The first kappa shape index (κ1) is 16.1. The predicted octanol–water partition coefficient (Wildman–Crippen LogP) is 2.81. The Kier molecular flexibility index (Phi) is 5.85. The van der Waals surface area contributed by atoms with E-state index in [2.05, 4.69) is 35.3 Å². The van der Waals surface area contributed by atoms with Crippen molar-refractivity contribution >= 4 is 5.91 Å². The Morgan fingerprint density at radius 2 is 2.24 bits per heavy atom. The molecule has 1 atom stereocenters. The van der Waals surface area contributed by atoms with Crippen LogP contribution in [0.25, 0.3) is 0 Å². The Balaban J connectivity index is 1.83. The third-order valence-corrected chi connectivity index (χ3v) is 4.15. The number of hydrogen-bond acceptors (Lipinski definition) is 2. The maximum atomic E-state index is 11.6. The maximum absolute atomic E-state index is 11.6. The number of aromatic nitrogens is 1. The molecule has 0 radical (unpaired) electrons. The molecule has 1 amide bonds. The lowest BCUT2D eigenvalue weighted by atomic mass is 10.1. The second-order valence-electron chi connectivity index (χ2n) is 6.34. The SMILES string of the molecule is CCCNC(c1ccn(CCCC(=O)N(C)C)c1)C1CC1. The zero-order valence-corrected chi connectivity index (χ0v) is 13.6. The zero-order valence-electron chi connectivity index (χ0n) is 13.6. The minimum Gasteiger partial charge on any atom is -0.354 e. The summed E-state index contributed by atoms with van der Waals surface area (Å²) >= 11 is 0. The van der Waals surface area contributed by atoms with Crippen LogP contribution >= 0.6 is 0 Å². The third-order valence-electron chi connectivity index (χ3n) is 4.15. The van der Waals surface area contributed by atoms with Gasteiger partial charge in [0.25, 0.3) is 0 Å². The fourth-order valence-electron chi connectivity index (χ4n) is 2.70. The fourth-order valence-corrected chi connectivity index (χ4v) is 2.70. The Hall–Kier alpha value is -1.29. The number of carbonyl (C=O) groups is 1. The van der Waals surface area contributed by atoms with E-state index in [0.717, 1.165) is 25.4 Å². The monoisotopic (exact) mass is 291 g/mol. The van der Waals surface area contributed by atoms with Crippen LogP contribution in [0.4, 0.5) is 0 Å². The molecule has 1 saturated carbocycles. The number of nitrogens with zero attached hydrogens (tertiary/aromatic N) is 2. The zero-order chi connectivity index (χ0) is 15.2.